The third kappa shape index (κ3) is 2.91. The fourth-order valence-corrected chi connectivity index (χ4v) is 3.41. The van der Waals surface area contributed by atoms with E-state index in [-0.39, 0.29) is 4.90 Å². The Bertz CT molecular complexity index is 652. The molecule has 1 aliphatic rings. The average molecular weight is 318 g/mol. The number of fused-ring (bicyclic) bond motifs is 1. The summed E-state index contributed by atoms with van der Waals surface area (Å²) < 4.78 is 32.1. The summed E-state index contributed by atoms with van der Waals surface area (Å²) in [6.45, 7) is 5.16. The number of rotatable bonds is 3. The molecule has 1 aromatic rings. The van der Waals surface area contributed by atoms with Crippen molar-refractivity contribution in [2.45, 2.75) is 43.1 Å². The highest BCUT2D eigenvalue weighted by atomic mass is 35.5. The quantitative estimate of drug-likeness (QED) is 0.863. The van der Waals surface area contributed by atoms with Crippen molar-refractivity contribution >= 4 is 27.5 Å². The Kier molecular flexibility index (Phi) is 3.73. The number of sulfonamides is 1. The van der Waals surface area contributed by atoms with Gasteiger partial charge in [0.2, 0.25) is 0 Å². The van der Waals surface area contributed by atoms with E-state index in [0.717, 1.165) is 5.56 Å². The van der Waals surface area contributed by atoms with Crippen LogP contribution in [0.3, 0.4) is 0 Å². The minimum absolute atomic E-state index is 0.0359. The number of halogens is 1. The van der Waals surface area contributed by atoms with Crippen LogP contribution in [0.1, 0.15) is 26.3 Å². The lowest BCUT2D eigenvalue weighted by Crippen LogP contribution is -2.35. The second-order valence-electron chi connectivity index (χ2n) is 5.37. The van der Waals surface area contributed by atoms with Gasteiger partial charge in [0.15, 0.2) is 0 Å². The van der Waals surface area contributed by atoms with Crippen LogP contribution in [0.5, 0.6) is 5.75 Å². The fourth-order valence-electron chi connectivity index (χ4n) is 2.07. The van der Waals surface area contributed by atoms with E-state index in [1.54, 1.807) is 6.07 Å². The van der Waals surface area contributed by atoms with Gasteiger partial charge in [0.25, 0.3) is 15.9 Å². The molecule has 1 heterocycles. The van der Waals surface area contributed by atoms with Crippen LogP contribution in [0.2, 0.25) is 0 Å². The number of nitrogens with one attached hydrogen (secondary N) is 1. The van der Waals surface area contributed by atoms with Gasteiger partial charge >= 0.3 is 0 Å². The van der Waals surface area contributed by atoms with E-state index in [0.29, 0.717) is 12.2 Å². The largest absolute Gasteiger partial charge is 0.486 e. The third-order valence-corrected chi connectivity index (χ3v) is 4.51. The first-order valence-corrected chi connectivity index (χ1v) is 8.06. The van der Waals surface area contributed by atoms with Gasteiger partial charge in [0, 0.05) is 6.42 Å². The molecule has 0 aliphatic carbocycles. The van der Waals surface area contributed by atoms with Crippen molar-refractivity contribution in [1.82, 2.24) is 4.72 Å². The predicted octanol–water partition coefficient (Wildman–Crippen LogP) is 1.83. The van der Waals surface area contributed by atoms with E-state index in [1.807, 2.05) is 24.6 Å². The van der Waals surface area contributed by atoms with Crippen LogP contribution < -0.4 is 9.46 Å². The van der Waals surface area contributed by atoms with E-state index in [4.69, 9.17) is 16.3 Å². The zero-order valence-corrected chi connectivity index (χ0v) is 13.0. The number of hydrogen-bond acceptors (Lipinski definition) is 4. The number of ether oxygens (including phenoxy) is 1. The van der Waals surface area contributed by atoms with E-state index in [9.17, 15) is 13.2 Å². The Morgan fingerprint density at radius 2 is 2.10 bits per heavy atom. The molecule has 1 unspecified atom stereocenters. The van der Waals surface area contributed by atoms with Crippen molar-refractivity contribution in [3.05, 3.63) is 23.8 Å². The van der Waals surface area contributed by atoms with Gasteiger partial charge in [-0.25, -0.2) is 13.1 Å². The number of carbonyl (C=O) groups excluding carboxylic acids is 1. The Morgan fingerprint density at radius 3 is 2.70 bits per heavy atom. The van der Waals surface area contributed by atoms with E-state index < -0.39 is 26.9 Å². The van der Waals surface area contributed by atoms with Crippen molar-refractivity contribution in [2.75, 3.05) is 0 Å². The summed E-state index contributed by atoms with van der Waals surface area (Å²) in [6.07, 6.45) is 0.617. The maximum Gasteiger partial charge on any atom is 0.267 e. The first kappa shape index (κ1) is 15.1. The molecule has 7 heteroatoms. The lowest BCUT2D eigenvalue weighted by atomic mass is 10.0. The van der Waals surface area contributed by atoms with Crippen LogP contribution in [0.15, 0.2) is 23.1 Å². The molecule has 1 aromatic carbocycles. The lowest BCUT2D eigenvalue weighted by molar-refractivity contribution is -0.118. The Hall–Kier alpha value is -1.27. The third-order valence-electron chi connectivity index (χ3n) is 2.94. The highest BCUT2D eigenvalue weighted by Gasteiger charge is 2.35. The zero-order valence-electron chi connectivity index (χ0n) is 11.4. The summed E-state index contributed by atoms with van der Waals surface area (Å²) in [5, 5.41) is -0.932. The van der Waals surface area contributed by atoms with Crippen molar-refractivity contribution in [3.8, 4) is 5.75 Å². The monoisotopic (exact) mass is 317 g/mol. The maximum atomic E-state index is 12.2. The SMILES string of the molecule is CC(Cl)C(=O)NS(=O)(=O)c1cccc2c1OC(C)(C)C2. The summed E-state index contributed by atoms with van der Waals surface area (Å²) in [5.41, 5.74) is 0.349. The topological polar surface area (TPSA) is 72.5 Å². The van der Waals surface area contributed by atoms with Gasteiger partial charge < -0.3 is 4.74 Å². The van der Waals surface area contributed by atoms with Crippen molar-refractivity contribution in [1.29, 1.82) is 0 Å². The second-order valence-corrected chi connectivity index (χ2v) is 7.67. The average Bonchev–Trinajstić information content (AvgIpc) is 2.61. The number of amides is 1. The van der Waals surface area contributed by atoms with Crippen molar-refractivity contribution in [2.24, 2.45) is 0 Å². The summed E-state index contributed by atoms with van der Waals surface area (Å²) in [5.74, 6) is -0.457. The maximum absolute atomic E-state index is 12.2. The molecule has 2 rings (SSSR count). The number of hydrogen-bond donors (Lipinski definition) is 1. The fraction of sp³-hybridized carbons (Fsp3) is 0.462. The Labute approximate surface area is 123 Å². The highest BCUT2D eigenvalue weighted by Crippen LogP contribution is 2.39. The van der Waals surface area contributed by atoms with Crippen molar-refractivity contribution < 1.29 is 17.9 Å². The van der Waals surface area contributed by atoms with Gasteiger partial charge in [-0.1, -0.05) is 12.1 Å². The minimum atomic E-state index is -3.99. The molecule has 5 nitrogen and oxygen atoms in total. The second kappa shape index (κ2) is 4.93. The molecule has 1 N–H and O–H groups in total. The number of alkyl halides is 1. The smallest absolute Gasteiger partial charge is 0.267 e. The summed E-state index contributed by atoms with van der Waals surface area (Å²) >= 11 is 5.58. The number of carbonyl (C=O) groups is 1. The van der Waals surface area contributed by atoms with Crippen LogP contribution in [-0.4, -0.2) is 25.3 Å². The first-order chi connectivity index (χ1) is 9.12. The summed E-state index contributed by atoms with van der Waals surface area (Å²) in [6, 6.07) is 4.86. The molecule has 0 bridgehead atoms. The number of para-hydroxylation sites is 1. The summed E-state index contributed by atoms with van der Waals surface area (Å²) in [7, 11) is -3.99. The standard InChI is InChI=1S/C13H16ClNO4S/c1-8(14)12(16)15-20(17,18)10-6-4-5-9-7-13(2,3)19-11(9)10/h4-6,8H,7H2,1-3H3,(H,15,16). The van der Waals surface area contributed by atoms with Gasteiger partial charge in [-0.05, 0) is 32.4 Å². The minimum Gasteiger partial charge on any atom is -0.486 e. The van der Waals surface area contributed by atoms with Gasteiger partial charge in [0.1, 0.15) is 21.6 Å². The highest BCUT2D eigenvalue weighted by molar-refractivity contribution is 7.90. The molecular formula is C13H16ClNO4S. The Morgan fingerprint density at radius 1 is 1.45 bits per heavy atom. The van der Waals surface area contributed by atoms with Crippen LogP contribution in [0.4, 0.5) is 0 Å². The molecule has 0 radical (unpaired) electrons. The molecule has 0 saturated heterocycles. The normalized spacial score (nSPS) is 18.0. The van der Waals surface area contributed by atoms with Gasteiger partial charge in [-0.15, -0.1) is 11.6 Å². The van der Waals surface area contributed by atoms with Gasteiger partial charge in [-0.3, -0.25) is 4.79 Å². The molecule has 1 amide bonds. The molecule has 0 saturated carbocycles. The van der Waals surface area contributed by atoms with Gasteiger partial charge in [-0.2, -0.15) is 0 Å². The molecule has 110 valence electrons. The van der Waals surface area contributed by atoms with Gasteiger partial charge in [0.05, 0.1) is 0 Å². The molecule has 20 heavy (non-hydrogen) atoms. The van der Waals surface area contributed by atoms with E-state index >= 15 is 0 Å². The molecular weight excluding hydrogens is 302 g/mol. The number of benzene rings is 1. The molecule has 1 aliphatic heterocycles. The van der Waals surface area contributed by atoms with Crippen LogP contribution in [-0.2, 0) is 21.2 Å². The van der Waals surface area contributed by atoms with Crippen LogP contribution in [0.25, 0.3) is 0 Å². The van der Waals surface area contributed by atoms with E-state index in [2.05, 4.69) is 0 Å². The predicted molar refractivity (Wildman–Crippen MR) is 75.5 cm³/mol. The van der Waals surface area contributed by atoms with Crippen molar-refractivity contribution in [3.63, 3.8) is 0 Å². The van der Waals surface area contributed by atoms with Crippen LogP contribution >= 0.6 is 11.6 Å². The summed E-state index contributed by atoms with van der Waals surface area (Å²) in [4.78, 5) is 11.5. The molecule has 0 aromatic heterocycles. The Balaban J connectivity index is 2.41. The zero-order chi connectivity index (χ0) is 15.1. The molecule has 0 spiro atoms. The first-order valence-electron chi connectivity index (χ1n) is 6.14. The lowest BCUT2D eigenvalue weighted by Gasteiger charge is -2.18. The van der Waals surface area contributed by atoms with Crippen LogP contribution in [0, 0.1) is 0 Å². The molecule has 1 atom stereocenters. The molecule has 0 fully saturated rings. The van der Waals surface area contributed by atoms with E-state index in [1.165, 1.54) is 13.0 Å².